The van der Waals surface area contributed by atoms with E-state index < -0.39 is 5.97 Å². The minimum atomic E-state index is -0.463. The van der Waals surface area contributed by atoms with Gasteiger partial charge >= 0.3 is 5.97 Å². The Morgan fingerprint density at radius 2 is 1.89 bits per heavy atom. The normalized spacial score (nSPS) is 11.2. The van der Waals surface area contributed by atoms with Crippen LogP contribution in [0.4, 0.5) is 0 Å². The number of pyridine rings is 1. The highest BCUT2D eigenvalue weighted by Crippen LogP contribution is 2.42. The zero-order valence-electron chi connectivity index (χ0n) is 21.2. The highest BCUT2D eigenvalue weighted by molar-refractivity contribution is 6.09. The average Bonchev–Trinajstić information content (AvgIpc) is 3.16. The third kappa shape index (κ3) is 4.72. The molecule has 2 aromatic carbocycles. The van der Waals surface area contributed by atoms with Gasteiger partial charge in [0.1, 0.15) is 12.4 Å². The molecule has 0 aliphatic rings. The molecule has 8 nitrogen and oxygen atoms in total. The van der Waals surface area contributed by atoms with Crippen molar-refractivity contribution < 1.29 is 24.1 Å². The number of carbonyl (C=O) groups is 1. The smallest absolute Gasteiger partial charge is 0.340 e. The van der Waals surface area contributed by atoms with E-state index in [1.165, 1.54) is 0 Å². The Bertz CT molecular complexity index is 1380. The topological polar surface area (TPSA) is 86.0 Å². The number of nitrogens with zero attached hydrogens (tertiary/aromatic N) is 3. The number of esters is 1. The maximum Gasteiger partial charge on any atom is 0.340 e. The summed E-state index contributed by atoms with van der Waals surface area (Å²) in [6.45, 7) is 2.52. The van der Waals surface area contributed by atoms with Crippen LogP contribution in [0.25, 0.3) is 22.0 Å². The minimum absolute atomic E-state index is 0.101. The SMILES string of the molecule is CCOC(=O)c1c(COc2ccccc2OC)n(C)c2cc(-c3cccnc3)c(O)c(CN(C)C)c12. The molecule has 1 N–H and O–H groups in total. The largest absolute Gasteiger partial charge is 0.507 e. The molecule has 4 rings (SSSR count). The van der Waals surface area contributed by atoms with Gasteiger partial charge in [-0.15, -0.1) is 0 Å². The van der Waals surface area contributed by atoms with Crippen molar-refractivity contribution in [3.63, 3.8) is 0 Å². The predicted molar refractivity (Wildman–Crippen MR) is 138 cm³/mol. The van der Waals surface area contributed by atoms with E-state index in [4.69, 9.17) is 14.2 Å². The summed E-state index contributed by atoms with van der Waals surface area (Å²) < 4.78 is 18.9. The van der Waals surface area contributed by atoms with Crippen molar-refractivity contribution in [3.8, 4) is 28.4 Å². The fraction of sp³-hybridized carbons (Fsp3) is 0.286. The second kappa shape index (κ2) is 10.7. The molecule has 0 saturated carbocycles. The van der Waals surface area contributed by atoms with Crippen LogP contribution in [0.5, 0.6) is 17.2 Å². The number of phenolic OH excluding ortho intramolecular Hbond substituents is 1. The highest BCUT2D eigenvalue weighted by atomic mass is 16.5. The minimum Gasteiger partial charge on any atom is -0.507 e. The number of ether oxygens (including phenoxy) is 3. The van der Waals surface area contributed by atoms with E-state index >= 15 is 0 Å². The number of phenols is 1. The molecular formula is C28H31N3O5. The van der Waals surface area contributed by atoms with Crippen molar-refractivity contribution in [3.05, 3.63) is 71.7 Å². The van der Waals surface area contributed by atoms with E-state index in [9.17, 15) is 9.90 Å². The number of benzene rings is 2. The molecule has 8 heteroatoms. The number of methoxy groups -OCH3 is 1. The Labute approximate surface area is 210 Å². The summed E-state index contributed by atoms with van der Waals surface area (Å²) in [7, 11) is 7.30. The van der Waals surface area contributed by atoms with Gasteiger partial charge in [-0.3, -0.25) is 4.98 Å². The van der Waals surface area contributed by atoms with E-state index in [1.54, 1.807) is 26.4 Å². The second-order valence-electron chi connectivity index (χ2n) is 8.67. The van der Waals surface area contributed by atoms with E-state index in [0.717, 1.165) is 11.1 Å². The molecule has 0 amide bonds. The molecule has 188 valence electrons. The van der Waals surface area contributed by atoms with E-state index in [2.05, 4.69) is 4.98 Å². The summed E-state index contributed by atoms with van der Waals surface area (Å²) in [6, 6.07) is 13.0. The first-order valence-electron chi connectivity index (χ1n) is 11.7. The summed E-state index contributed by atoms with van der Waals surface area (Å²) in [5, 5.41) is 12.1. The van der Waals surface area contributed by atoms with Crippen LogP contribution in [0.2, 0.25) is 0 Å². The Morgan fingerprint density at radius 1 is 1.14 bits per heavy atom. The number of hydrogen-bond donors (Lipinski definition) is 1. The zero-order chi connectivity index (χ0) is 25.8. The van der Waals surface area contributed by atoms with Gasteiger partial charge in [-0.2, -0.15) is 0 Å². The van der Waals surface area contributed by atoms with Gasteiger partial charge in [0.2, 0.25) is 0 Å². The lowest BCUT2D eigenvalue weighted by Gasteiger charge is -2.17. The lowest BCUT2D eigenvalue weighted by atomic mass is 9.96. The van der Waals surface area contributed by atoms with Crippen LogP contribution in [0.1, 0.15) is 28.5 Å². The summed E-state index contributed by atoms with van der Waals surface area (Å²) in [5.74, 6) is 0.805. The maximum atomic E-state index is 13.3. The molecule has 0 saturated heterocycles. The van der Waals surface area contributed by atoms with Gasteiger partial charge < -0.3 is 28.8 Å². The second-order valence-corrected chi connectivity index (χ2v) is 8.67. The fourth-order valence-corrected chi connectivity index (χ4v) is 4.40. The highest BCUT2D eigenvalue weighted by Gasteiger charge is 2.28. The number of carbonyl (C=O) groups excluding carboxylic acids is 1. The van der Waals surface area contributed by atoms with Gasteiger partial charge in [0.05, 0.1) is 30.5 Å². The molecule has 0 aliphatic carbocycles. The molecule has 2 aromatic heterocycles. The Balaban J connectivity index is 1.97. The Kier molecular flexibility index (Phi) is 7.45. The number of para-hydroxylation sites is 2. The van der Waals surface area contributed by atoms with Gasteiger partial charge in [-0.05, 0) is 45.3 Å². The molecule has 0 unspecified atom stereocenters. The molecule has 0 atom stereocenters. The first kappa shape index (κ1) is 25.1. The van der Waals surface area contributed by atoms with Crippen molar-refractivity contribution in [1.82, 2.24) is 14.5 Å². The zero-order valence-corrected chi connectivity index (χ0v) is 21.2. The van der Waals surface area contributed by atoms with Crippen LogP contribution in [0.3, 0.4) is 0 Å². The lowest BCUT2D eigenvalue weighted by molar-refractivity contribution is 0.0525. The van der Waals surface area contributed by atoms with E-state index in [-0.39, 0.29) is 19.0 Å². The third-order valence-electron chi connectivity index (χ3n) is 6.04. The van der Waals surface area contributed by atoms with Crippen molar-refractivity contribution >= 4 is 16.9 Å². The van der Waals surface area contributed by atoms with Gasteiger partial charge in [-0.25, -0.2) is 4.79 Å². The Morgan fingerprint density at radius 3 is 2.53 bits per heavy atom. The molecule has 0 fully saturated rings. The van der Waals surface area contributed by atoms with Gasteiger partial charge in [0, 0.05) is 48.1 Å². The average molecular weight is 490 g/mol. The number of aromatic nitrogens is 2. The molecular weight excluding hydrogens is 458 g/mol. The quantitative estimate of drug-likeness (QED) is 0.339. The molecule has 4 aromatic rings. The lowest BCUT2D eigenvalue weighted by Crippen LogP contribution is -2.14. The number of aryl methyl sites for hydroxylation is 1. The summed E-state index contributed by atoms with van der Waals surface area (Å²) in [4.78, 5) is 19.5. The number of aromatic hydroxyl groups is 1. The maximum absolute atomic E-state index is 13.3. The van der Waals surface area contributed by atoms with Crippen molar-refractivity contribution in [2.45, 2.75) is 20.1 Å². The van der Waals surface area contributed by atoms with Crippen LogP contribution in [0.15, 0.2) is 54.9 Å². The van der Waals surface area contributed by atoms with Crippen LogP contribution in [0, 0.1) is 0 Å². The molecule has 0 radical (unpaired) electrons. The van der Waals surface area contributed by atoms with Crippen LogP contribution >= 0.6 is 0 Å². The van der Waals surface area contributed by atoms with Crippen molar-refractivity contribution in [2.24, 2.45) is 7.05 Å². The Hall–Kier alpha value is -4.04. The summed E-state index contributed by atoms with van der Waals surface area (Å²) in [5.41, 5.74) is 3.86. The van der Waals surface area contributed by atoms with Crippen molar-refractivity contribution in [1.29, 1.82) is 0 Å². The van der Waals surface area contributed by atoms with E-state index in [1.807, 2.05) is 73.1 Å². The molecule has 0 spiro atoms. The van der Waals surface area contributed by atoms with Crippen LogP contribution in [-0.4, -0.2) is 53.3 Å². The molecule has 0 aliphatic heterocycles. The molecule has 2 heterocycles. The molecule has 0 bridgehead atoms. The number of hydrogen-bond acceptors (Lipinski definition) is 7. The predicted octanol–water partition coefficient (Wildman–Crippen LogP) is 4.77. The summed E-state index contributed by atoms with van der Waals surface area (Å²) in [6.07, 6.45) is 3.40. The van der Waals surface area contributed by atoms with E-state index in [0.29, 0.717) is 45.8 Å². The first-order chi connectivity index (χ1) is 17.4. The number of rotatable bonds is 9. The van der Waals surface area contributed by atoms with Crippen LogP contribution in [-0.2, 0) is 24.9 Å². The fourth-order valence-electron chi connectivity index (χ4n) is 4.40. The van der Waals surface area contributed by atoms with Crippen molar-refractivity contribution in [2.75, 3.05) is 27.8 Å². The first-order valence-corrected chi connectivity index (χ1v) is 11.7. The third-order valence-corrected chi connectivity index (χ3v) is 6.04. The number of fused-ring (bicyclic) bond motifs is 1. The monoisotopic (exact) mass is 489 g/mol. The summed E-state index contributed by atoms with van der Waals surface area (Å²) >= 11 is 0. The van der Waals surface area contributed by atoms with Gasteiger partial charge in [0.25, 0.3) is 0 Å². The standard InChI is InChI=1S/C28H31N3O5/c1-6-35-28(33)26-22(17-36-24-12-8-7-11-23(24)34-5)31(4)21-14-19(18-10-9-13-29-15-18)27(32)20(25(21)26)16-30(2)3/h7-15,32H,6,16-17H2,1-5H3. The van der Waals surface area contributed by atoms with Gasteiger partial charge in [-0.1, -0.05) is 18.2 Å². The molecule has 36 heavy (non-hydrogen) atoms. The van der Waals surface area contributed by atoms with Gasteiger partial charge in [0.15, 0.2) is 11.5 Å². The van der Waals surface area contributed by atoms with Crippen LogP contribution < -0.4 is 9.47 Å².